The first-order valence-electron chi connectivity index (χ1n) is 6.08. The molecule has 1 N–H and O–H groups in total. The third kappa shape index (κ3) is 2.62. The maximum atomic E-state index is 11.8. The van der Waals surface area contributed by atoms with Crippen LogP contribution in [-0.2, 0) is 4.79 Å². The van der Waals surface area contributed by atoms with Gasteiger partial charge in [0.05, 0.1) is 5.69 Å². The zero-order valence-corrected chi connectivity index (χ0v) is 10.8. The van der Waals surface area contributed by atoms with Crippen LogP contribution < -0.4 is 5.32 Å². The van der Waals surface area contributed by atoms with Gasteiger partial charge in [-0.1, -0.05) is 32.0 Å². The summed E-state index contributed by atoms with van der Waals surface area (Å²) in [6.45, 7) is 4.40. The molecule has 0 saturated carbocycles. The number of carbonyl (C=O) groups is 1. The molecule has 6 nitrogen and oxygen atoms in total. The maximum Gasteiger partial charge on any atom is 0.331 e. The SMILES string of the molecule is CC(C)CN=C1c2ccccc2NC(=O)C1[N+](=O)[O-]. The summed E-state index contributed by atoms with van der Waals surface area (Å²) in [5, 5.41) is 13.6. The normalized spacial score (nSPS) is 20.3. The molecular weight excluding hydrogens is 246 g/mol. The Bertz CT molecular complexity index is 552. The lowest BCUT2D eigenvalue weighted by Gasteiger charge is -2.21. The van der Waals surface area contributed by atoms with Gasteiger partial charge in [0.2, 0.25) is 0 Å². The molecule has 1 heterocycles. The molecule has 1 aromatic carbocycles. The van der Waals surface area contributed by atoms with Gasteiger partial charge in [0.25, 0.3) is 0 Å². The molecule has 100 valence electrons. The third-order valence-corrected chi connectivity index (χ3v) is 2.81. The van der Waals surface area contributed by atoms with Gasteiger partial charge < -0.3 is 5.32 Å². The predicted octanol–water partition coefficient (Wildman–Crippen LogP) is 1.73. The fourth-order valence-corrected chi connectivity index (χ4v) is 1.94. The van der Waals surface area contributed by atoms with Crippen LogP contribution in [0, 0.1) is 16.0 Å². The summed E-state index contributed by atoms with van der Waals surface area (Å²) in [4.78, 5) is 26.6. The van der Waals surface area contributed by atoms with Gasteiger partial charge in [-0.05, 0) is 12.0 Å². The zero-order valence-electron chi connectivity index (χ0n) is 10.8. The van der Waals surface area contributed by atoms with E-state index in [1.165, 1.54) is 0 Å². The van der Waals surface area contributed by atoms with E-state index in [4.69, 9.17) is 0 Å². The molecule has 0 fully saturated rings. The van der Waals surface area contributed by atoms with Gasteiger partial charge in [-0.2, -0.15) is 0 Å². The van der Waals surface area contributed by atoms with E-state index < -0.39 is 16.9 Å². The summed E-state index contributed by atoms with van der Waals surface area (Å²) in [5.41, 5.74) is 1.45. The minimum absolute atomic E-state index is 0.248. The van der Waals surface area contributed by atoms with Crippen LogP contribution in [0.5, 0.6) is 0 Å². The Hall–Kier alpha value is -2.24. The third-order valence-electron chi connectivity index (χ3n) is 2.81. The van der Waals surface area contributed by atoms with Crippen molar-refractivity contribution in [3.63, 3.8) is 0 Å². The van der Waals surface area contributed by atoms with E-state index in [2.05, 4.69) is 10.3 Å². The van der Waals surface area contributed by atoms with Crippen LogP contribution in [0.15, 0.2) is 29.3 Å². The van der Waals surface area contributed by atoms with E-state index in [1.54, 1.807) is 24.3 Å². The molecular formula is C13H15N3O3. The highest BCUT2D eigenvalue weighted by atomic mass is 16.6. The van der Waals surface area contributed by atoms with Crippen molar-refractivity contribution in [2.75, 3.05) is 11.9 Å². The van der Waals surface area contributed by atoms with Crippen molar-refractivity contribution in [1.82, 2.24) is 0 Å². The number of nitrogens with zero attached hydrogens (tertiary/aromatic N) is 2. The van der Waals surface area contributed by atoms with Crippen molar-refractivity contribution < 1.29 is 9.72 Å². The lowest BCUT2D eigenvalue weighted by atomic mass is 9.96. The van der Waals surface area contributed by atoms with Crippen molar-refractivity contribution in [1.29, 1.82) is 0 Å². The van der Waals surface area contributed by atoms with Crippen LogP contribution in [0.4, 0.5) is 5.69 Å². The first kappa shape index (κ1) is 13.2. The Morgan fingerprint density at radius 3 is 2.74 bits per heavy atom. The summed E-state index contributed by atoms with van der Waals surface area (Å²) in [6, 6.07) is 5.58. The number of hydrogen-bond acceptors (Lipinski definition) is 4. The number of fused-ring (bicyclic) bond motifs is 1. The van der Waals surface area contributed by atoms with Crippen LogP contribution in [0.25, 0.3) is 0 Å². The molecule has 2 rings (SSSR count). The average Bonchev–Trinajstić information content (AvgIpc) is 2.34. The lowest BCUT2D eigenvalue weighted by Crippen LogP contribution is -2.45. The van der Waals surface area contributed by atoms with Gasteiger partial charge in [-0.25, -0.2) is 0 Å². The minimum Gasteiger partial charge on any atom is -0.319 e. The van der Waals surface area contributed by atoms with Crippen molar-refractivity contribution in [3.05, 3.63) is 39.9 Å². The van der Waals surface area contributed by atoms with Crippen LogP contribution in [0.3, 0.4) is 0 Å². The number of aliphatic imine (C=N–C) groups is 1. The largest absolute Gasteiger partial charge is 0.331 e. The molecule has 0 saturated heterocycles. The Morgan fingerprint density at radius 2 is 2.11 bits per heavy atom. The highest BCUT2D eigenvalue weighted by Crippen LogP contribution is 2.24. The average molecular weight is 261 g/mol. The quantitative estimate of drug-likeness (QED) is 0.664. The molecule has 0 aromatic heterocycles. The number of anilines is 1. The molecule has 1 aliphatic heterocycles. The molecule has 6 heteroatoms. The van der Waals surface area contributed by atoms with Crippen LogP contribution in [0.2, 0.25) is 0 Å². The van der Waals surface area contributed by atoms with Gasteiger partial charge in [-0.3, -0.25) is 19.9 Å². The van der Waals surface area contributed by atoms with Crippen LogP contribution in [0.1, 0.15) is 19.4 Å². The number of nitro groups is 1. The van der Waals surface area contributed by atoms with Crippen molar-refractivity contribution in [3.8, 4) is 0 Å². The van der Waals surface area contributed by atoms with E-state index in [0.29, 0.717) is 17.8 Å². The van der Waals surface area contributed by atoms with Gasteiger partial charge in [-0.15, -0.1) is 0 Å². The van der Waals surface area contributed by atoms with Gasteiger partial charge >= 0.3 is 11.9 Å². The minimum atomic E-state index is -1.42. The Balaban J connectivity index is 2.51. The number of benzene rings is 1. The van der Waals surface area contributed by atoms with E-state index in [0.717, 1.165) is 0 Å². The number of carbonyl (C=O) groups excluding carboxylic acids is 1. The Labute approximate surface area is 110 Å². The standard InChI is InChI=1S/C13H15N3O3/c1-8(2)7-14-11-9-5-3-4-6-10(9)15-13(17)12(11)16(18)19/h3-6,8,12H,7H2,1-2H3,(H,15,17). The second kappa shape index (κ2) is 5.17. The fraction of sp³-hybridized carbons (Fsp3) is 0.385. The van der Waals surface area contributed by atoms with E-state index in [-0.39, 0.29) is 11.6 Å². The van der Waals surface area contributed by atoms with Crippen LogP contribution >= 0.6 is 0 Å². The van der Waals surface area contributed by atoms with E-state index >= 15 is 0 Å². The summed E-state index contributed by atoms with van der Waals surface area (Å²) in [6.07, 6.45) is 0. The van der Waals surface area contributed by atoms with Gasteiger partial charge in [0, 0.05) is 17.0 Å². The second-order valence-corrected chi connectivity index (χ2v) is 4.84. The van der Waals surface area contributed by atoms with Crippen molar-refractivity contribution in [2.45, 2.75) is 19.9 Å². The topological polar surface area (TPSA) is 84.6 Å². The zero-order chi connectivity index (χ0) is 14.0. The first-order chi connectivity index (χ1) is 9.00. The number of nitrogens with one attached hydrogen (secondary N) is 1. The summed E-state index contributed by atoms with van der Waals surface area (Å²) < 4.78 is 0. The second-order valence-electron chi connectivity index (χ2n) is 4.84. The van der Waals surface area contributed by atoms with Gasteiger partial charge in [0.15, 0.2) is 0 Å². The van der Waals surface area contributed by atoms with E-state index in [1.807, 2.05) is 13.8 Å². The number of amides is 1. The summed E-state index contributed by atoms with van der Waals surface area (Å²) in [7, 11) is 0. The van der Waals surface area contributed by atoms with Crippen LogP contribution in [-0.4, -0.2) is 29.1 Å². The molecule has 1 aromatic rings. The fourth-order valence-electron chi connectivity index (χ4n) is 1.94. The first-order valence-corrected chi connectivity index (χ1v) is 6.08. The maximum absolute atomic E-state index is 11.8. The smallest absolute Gasteiger partial charge is 0.319 e. The Kier molecular flexibility index (Phi) is 3.59. The number of hydrogen-bond donors (Lipinski definition) is 1. The Morgan fingerprint density at radius 1 is 1.42 bits per heavy atom. The molecule has 0 bridgehead atoms. The highest BCUT2D eigenvalue weighted by Gasteiger charge is 2.41. The predicted molar refractivity (Wildman–Crippen MR) is 72.1 cm³/mol. The van der Waals surface area contributed by atoms with Crippen molar-refractivity contribution >= 4 is 17.3 Å². The molecule has 1 aliphatic rings. The van der Waals surface area contributed by atoms with Crippen molar-refractivity contribution in [2.24, 2.45) is 10.9 Å². The molecule has 19 heavy (non-hydrogen) atoms. The lowest BCUT2D eigenvalue weighted by molar-refractivity contribution is -0.488. The van der Waals surface area contributed by atoms with E-state index in [9.17, 15) is 14.9 Å². The molecule has 0 radical (unpaired) electrons. The number of para-hydroxylation sites is 1. The summed E-state index contributed by atoms with van der Waals surface area (Å²) in [5.74, 6) is -0.358. The highest BCUT2D eigenvalue weighted by molar-refractivity contribution is 6.24. The molecule has 1 amide bonds. The molecule has 1 atom stereocenters. The number of rotatable bonds is 3. The summed E-state index contributed by atoms with van der Waals surface area (Å²) >= 11 is 0. The molecule has 1 unspecified atom stereocenters. The molecule has 0 aliphatic carbocycles. The van der Waals surface area contributed by atoms with Gasteiger partial charge in [0.1, 0.15) is 5.71 Å². The monoisotopic (exact) mass is 261 g/mol. The molecule has 0 spiro atoms.